The van der Waals surface area contributed by atoms with Crippen LogP contribution in [0.2, 0.25) is 0 Å². The smallest absolute Gasteiger partial charge is 0.243 e. The minimum absolute atomic E-state index is 0.164. The van der Waals surface area contributed by atoms with E-state index in [1.165, 1.54) is 13.8 Å². The third-order valence-corrected chi connectivity index (χ3v) is 11.4. The third-order valence-electron chi connectivity index (χ3n) is 11.4. The molecule has 0 radical (unpaired) electrons. The first kappa shape index (κ1) is 58.6. The van der Waals surface area contributed by atoms with Gasteiger partial charge in [0, 0.05) is 6.42 Å². The molecule has 364 valence electrons. The average Bonchev–Trinajstić information content (AvgIpc) is 3.25. The topological polar surface area (TPSA) is 325 Å². The molecular formula is C44H85N11O8. The van der Waals surface area contributed by atoms with Crippen molar-refractivity contribution in [2.45, 2.75) is 200 Å². The molecule has 15 N–H and O–H groups in total. The van der Waals surface area contributed by atoms with E-state index in [-0.39, 0.29) is 37.0 Å². The zero-order chi connectivity index (χ0) is 47.9. The van der Waals surface area contributed by atoms with Crippen LogP contribution in [0.15, 0.2) is 0 Å². The number of rotatable bonds is 36. The lowest BCUT2D eigenvalue weighted by molar-refractivity contribution is -0.136. The van der Waals surface area contributed by atoms with Crippen LogP contribution in [0, 0.1) is 11.8 Å². The van der Waals surface area contributed by atoms with Crippen molar-refractivity contribution in [1.29, 1.82) is 0 Å². The standard InChI is InChI=1S/C44H85N11O8/c1-8-11-12-13-14-24-35(56)51-32(21-15-18-25-45)41(60)54-37(29(5)10-3)44(63)50-31(7)39(58)52-33(22-16-19-26-46)40(59)53-34(23-17-20-27-47)42(61)55-36(28(4)9-2)43(62)49-30(6)38(48)57/h28-34,36-37H,8-27,45-47H2,1-7H3,(H2,48,57)(H,49,62)(H,50,63)(H,51,56)(H,52,58)(H,53,59)(H,54,60)(H,55,61)/t28-,29-,30-,31-,32-,33-,34-,36-,37-/m0/s1. The van der Waals surface area contributed by atoms with Gasteiger partial charge in [-0.3, -0.25) is 38.4 Å². The molecule has 9 atom stereocenters. The van der Waals surface area contributed by atoms with E-state index in [2.05, 4.69) is 44.1 Å². The Labute approximate surface area is 376 Å². The van der Waals surface area contributed by atoms with Crippen LogP contribution < -0.4 is 60.2 Å². The van der Waals surface area contributed by atoms with E-state index < -0.39 is 83.6 Å². The minimum atomic E-state index is -1.15. The summed E-state index contributed by atoms with van der Waals surface area (Å²) in [5, 5.41) is 19.1. The molecule has 0 heterocycles. The fourth-order valence-corrected chi connectivity index (χ4v) is 6.66. The molecule has 0 aliphatic rings. The molecule has 0 rings (SSSR count). The molecule has 0 fully saturated rings. The van der Waals surface area contributed by atoms with Gasteiger partial charge in [0.15, 0.2) is 0 Å². The number of hydrogen-bond acceptors (Lipinski definition) is 11. The SMILES string of the molecule is CCCCCCCC(=O)N[C@@H](CCCCN)C(=O)N[C@H](C(=O)N[C@@H](C)C(=O)N[C@@H](CCCCN)C(=O)N[C@@H](CCCCN)C(=O)N[C@H](C(=O)N[C@@H](C)C(N)=O)[C@@H](C)CC)[C@@H](C)CC. The average molecular weight is 896 g/mol. The summed E-state index contributed by atoms with van der Waals surface area (Å²) < 4.78 is 0. The molecule has 0 saturated carbocycles. The normalized spacial score (nSPS) is 15.5. The maximum Gasteiger partial charge on any atom is 0.243 e. The highest BCUT2D eigenvalue weighted by molar-refractivity contribution is 5.97. The first-order valence-corrected chi connectivity index (χ1v) is 23.4. The van der Waals surface area contributed by atoms with Crippen LogP contribution in [0.5, 0.6) is 0 Å². The summed E-state index contributed by atoms with van der Waals surface area (Å²) in [6, 6.07) is -7.35. The molecule has 0 aromatic heterocycles. The largest absolute Gasteiger partial charge is 0.368 e. The van der Waals surface area contributed by atoms with Crippen LogP contribution in [0.3, 0.4) is 0 Å². The van der Waals surface area contributed by atoms with Gasteiger partial charge in [-0.15, -0.1) is 0 Å². The van der Waals surface area contributed by atoms with Crippen LogP contribution in [0.4, 0.5) is 0 Å². The lowest BCUT2D eigenvalue weighted by Gasteiger charge is -2.29. The van der Waals surface area contributed by atoms with Gasteiger partial charge in [-0.25, -0.2) is 0 Å². The second-order valence-electron chi connectivity index (χ2n) is 16.9. The molecule has 0 saturated heterocycles. The van der Waals surface area contributed by atoms with Crippen molar-refractivity contribution in [3.8, 4) is 0 Å². The number of unbranched alkanes of at least 4 members (excludes halogenated alkanes) is 7. The zero-order valence-electron chi connectivity index (χ0n) is 39.4. The Morgan fingerprint density at radius 3 is 1.19 bits per heavy atom. The maximum atomic E-state index is 13.9. The summed E-state index contributed by atoms with van der Waals surface area (Å²) in [5.74, 6) is -5.39. The van der Waals surface area contributed by atoms with Gasteiger partial charge in [0.2, 0.25) is 47.3 Å². The molecule has 8 amide bonds. The number of carbonyl (C=O) groups is 8. The highest BCUT2D eigenvalue weighted by atomic mass is 16.2. The molecule has 0 aromatic carbocycles. The lowest BCUT2D eigenvalue weighted by Crippen LogP contribution is -2.60. The maximum absolute atomic E-state index is 13.9. The van der Waals surface area contributed by atoms with Crippen molar-refractivity contribution in [1.82, 2.24) is 37.2 Å². The van der Waals surface area contributed by atoms with E-state index >= 15 is 0 Å². The van der Waals surface area contributed by atoms with Crippen molar-refractivity contribution >= 4 is 47.3 Å². The van der Waals surface area contributed by atoms with E-state index in [0.29, 0.717) is 83.8 Å². The summed E-state index contributed by atoms with van der Waals surface area (Å²) in [6.45, 7) is 13.4. The number of nitrogens with one attached hydrogen (secondary N) is 7. The van der Waals surface area contributed by atoms with Gasteiger partial charge < -0.3 is 60.2 Å². The quantitative estimate of drug-likeness (QED) is 0.0390. The number of primary amides is 1. The number of hydrogen-bond donors (Lipinski definition) is 11. The molecule has 0 unspecified atom stereocenters. The van der Waals surface area contributed by atoms with Crippen LogP contribution in [-0.2, 0) is 38.4 Å². The highest BCUT2D eigenvalue weighted by Crippen LogP contribution is 2.13. The molecule has 0 aliphatic heterocycles. The molecular weight excluding hydrogens is 811 g/mol. The fraction of sp³-hybridized carbons (Fsp3) is 0.818. The van der Waals surface area contributed by atoms with E-state index in [1.807, 2.05) is 13.8 Å². The van der Waals surface area contributed by atoms with Gasteiger partial charge in [0.1, 0.15) is 42.3 Å². The number of amides is 8. The summed E-state index contributed by atoms with van der Waals surface area (Å²) in [4.78, 5) is 107. The van der Waals surface area contributed by atoms with E-state index in [0.717, 1.165) is 25.7 Å². The van der Waals surface area contributed by atoms with E-state index in [4.69, 9.17) is 22.9 Å². The van der Waals surface area contributed by atoms with Crippen LogP contribution >= 0.6 is 0 Å². The Hall–Kier alpha value is -4.36. The second-order valence-corrected chi connectivity index (χ2v) is 16.9. The Morgan fingerprint density at radius 1 is 0.413 bits per heavy atom. The molecule has 0 aliphatic carbocycles. The molecule has 0 spiro atoms. The van der Waals surface area contributed by atoms with Gasteiger partial charge in [-0.2, -0.15) is 0 Å². The van der Waals surface area contributed by atoms with Crippen molar-refractivity contribution < 1.29 is 38.4 Å². The van der Waals surface area contributed by atoms with E-state index in [9.17, 15) is 38.4 Å². The van der Waals surface area contributed by atoms with Crippen molar-refractivity contribution in [3.63, 3.8) is 0 Å². The van der Waals surface area contributed by atoms with Crippen LogP contribution in [-0.4, -0.2) is 109 Å². The van der Waals surface area contributed by atoms with Crippen molar-refractivity contribution in [2.24, 2.45) is 34.8 Å². The molecule has 0 aromatic rings. The lowest BCUT2D eigenvalue weighted by atomic mass is 9.97. The van der Waals surface area contributed by atoms with Gasteiger partial charge in [-0.05, 0) is 110 Å². The monoisotopic (exact) mass is 896 g/mol. The summed E-state index contributed by atoms with van der Waals surface area (Å²) in [5.41, 5.74) is 22.5. The summed E-state index contributed by atoms with van der Waals surface area (Å²) in [7, 11) is 0. The van der Waals surface area contributed by atoms with E-state index in [1.54, 1.807) is 13.8 Å². The fourth-order valence-electron chi connectivity index (χ4n) is 6.66. The molecule has 19 heteroatoms. The van der Waals surface area contributed by atoms with Gasteiger partial charge in [0.05, 0.1) is 0 Å². The van der Waals surface area contributed by atoms with Crippen LogP contribution in [0.25, 0.3) is 0 Å². The Balaban J connectivity index is 6.17. The predicted octanol–water partition coefficient (Wildman–Crippen LogP) is 0.745. The Bertz CT molecular complexity index is 1400. The highest BCUT2D eigenvalue weighted by Gasteiger charge is 2.34. The summed E-state index contributed by atoms with van der Waals surface area (Å²) >= 11 is 0. The van der Waals surface area contributed by atoms with Gasteiger partial charge in [0.25, 0.3) is 0 Å². The molecule has 63 heavy (non-hydrogen) atoms. The minimum Gasteiger partial charge on any atom is -0.368 e. The van der Waals surface area contributed by atoms with Crippen LogP contribution in [0.1, 0.15) is 158 Å². The first-order chi connectivity index (χ1) is 29.9. The second kappa shape index (κ2) is 34.1. The summed E-state index contributed by atoms with van der Waals surface area (Å²) in [6.07, 6.45) is 10.1. The molecule has 19 nitrogen and oxygen atoms in total. The van der Waals surface area contributed by atoms with Crippen molar-refractivity contribution in [3.05, 3.63) is 0 Å². The number of nitrogens with two attached hydrogens (primary N) is 4. The van der Waals surface area contributed by atoms with Gasteiger partial charge in [-0.1, -0.05) is 73.1 Å². The Kier molecular flexibility index (Phi) is 31.7. The third kappa shape index (κ3) is 24.3. The van der Waals surface area contributed by atoms with Gasteiger partial charge >= 0.3 is 0 Å². The first-order valence-electron chi connectivity index (χ1n) is 23.4. The molecule has 0 bridgehead atoms. The number of carbonyl (C=O) groups excluding carboxylic acids is 8. The zero-order valence-corrected chi connectivity index (χ0v) is 39.4. The predicted molar refractivity (Wildman–Crippen MR) is 245 cm³/mol. The van der Waals surface area contributed by atoms with Crippen molar-refractivity contribution in [2.75, 3.05) is 19.6 Å². The Morgan fingerprint density at radius 2 is 0.794 bits per heavy atom.